The van der Waals surface area contributed by atoms with Crippen molar-refractivity contribution in [2.75, 3.05) is 45.8 Å². The number of nitrogens with one attached hydrogen (secondary N) is 2. The molecule has 1 atom stereocenters. The maximum absolute atomic E-state index is 12.0. The molecule has 0 saturated carbocycles. The number of guanidine groups is 1. The van der Waals surface area contributed by atoms with Gasteiger partial charge < -0.3 is 15.5 Å². The highest BCUT2D eigenvalue weighted by molar-refractivity contribution is 14.0. The van der Waals surface area contributed by atoms with Crippen LogP contribution in [0.1, 0.15) is 53.4 Å². The summed E-state index contributed by atoms with van der Waals surface area (Å²) < 4.78 is 0. The van der Waals surface area contributed by atoms with Gasteiger partial charge in [0, 0.05) is 45.2 Å². The van der Waals surface area contributed by atoms with E-state index in [2.05, 4.69) is 34.4 Å². The van der Waals surface area contributed by atoms with E-state index < -0.39 is 0 Å². The molecule has 7 heteroatoms. The summed E-state index contributed by atoms with van der Waals surface area (Å²) in [6, 6.07) is 0.677. The Labute approximate surface area is 171 Å². The van der Waals surface area contributed by atoms with Crippen molar-refractivity contribution in [3.8, 4) is 0 Å². The lowest BCUT2D eigenvalue weighted by molar-refractivity contribution is -0.130. The molecule has 0 aromatic carbocycles. The number of carbonyl (C=O) groups is 1. The van der Waals surface area contributed by atoms with Crippen LogP contribution in [0, 0.1) is 0 Å². The second-order valence-electron chi connectivity index (χ2n) is 6.38. The van der Waals surface area contributed by atoms with E-state index in [1.54, 1.807) is 0 Å². The van der Waals surface area contributed by atoms with Gasteiger partial charge in [0.05, 0.1) is 6.54 Å². The van der Waals surface area contributed by atoms with E-state index in [9.17, 15) is 4.79 Å². The molecule has 0 aliphatic carbocycles. The minimum Gasteiger partial charge on any atom is -0.357 e. The molecule has 1 aliphatic rings. The third-order valence-corrected chi connectivity index (χ3v) is 4.69. The first kappa shape index (κ1) is 24.4. The topological polar surface area (TPSA) is 60.0 Å². The normalized spacial score (nSPS) is 18.4. The number of amides is 1. The van der Waals surface area contributed by atoms with Crippen molar-refractivity contribution in [2.24, 2.45) is 4.99 Å². The molecule has 25 heavy (non-hydrogen) atoms. The molecule has 148 valence electrons. The molecular weight excluding hydrogens is 429 g/mol. The highest BCUT2D eigenvalue weighted by Gasteiger charge is 2.17. The Balaban J connectivity index is 0.00000576. The van der Waals surface area contributed by atoms with E-state index in [0.29, 0.717) is 19.0 Å². The minimum absolute atomic E-state index is 0. The fourth-order valence-corrected chi connectivity index (χ4v) is 3.14. The Morgan fingerprint density at radius 1 is 1.20 bits per heavy atom. The van der Waals surface area contributed by atoms with Crippen LogP contribution < -0.4 is 10.6 Å². The third-order valence-electron chi connectivity index (χ3n) is 4.69. The van der Waals surface area contributed by atoms with Crippen LogP contribution in [0.5, 0.6) is 0 Å². The van der Waals surface area contributed by atoms with Crippen LogP contribution in [-0.4, -0.2) is 73.5 Å². The largest absolute Gasteiger partial charge is 0.357 e. The highest BCUT2D eigenvalue weighted by Crippen LogP contribution is 2.15. The quantitative estimate of drug-likeness (QED) is 0.311. The summed E-state index contributed by atoms with van der Waals surface area (Å²) in [6.07, 6.45) is 4.47. The summed E-state index contributed by atoms with van der Waals surface area (Å²) in [7, 11) is 0. The van der Waals surface area contributed by atoms with E-state index in [0.717, 1.165) is 38.7 Å². The highest BCUT2D eigenvalue weighted by atomic mass is 127. The molecule has 1 aliphatic heterocycles. The zero-order valence-corrected chi connectivity index (χ0v) is 18.8. The molecule has 1 saturated heterocycles. The molecular formula is C18H38IN5O. The van der Waals surface area contributed by atoms with Gasteiger partial charge in [-0.3, -0.25) is 14.7 Å². The van der Waals surface area contributed by atoms with E-state index in [1.165, 1.54) is 25.8 Å². The first-order valence-corrected chi connectivity index (χ1v) is 9.66. The number of rotatable bonds is 9. The Bertz CT molecular complexity index is 388. The molecule has 0 aromatic rings. The van der Waals surface area contributed by atoms with Crippen LogP contribution in [0.25, 0.3) is 0 Å². The first-order valence-electron chi connectivity index (χ1n) is 9.66. The van der Waals surface area contributed by atoms with E-state index in [1.807, 2.05) is 18.7 Å². The lowest BCUT2D eigenvalue weighted by Crippen LogP contribution is -2.42. The Morgan fingerprint density at radius 2 is 1.92 bits per heavy atom. The number of halogens is 1. The Hall–Kier alpha value is -0.570. The number of hydrogen-bond donors (Lipinski definition) is 2. The van der Waals surface area contributed by atoms with Crippen molar-refractivity contribution in [3.63, 3.8) is 0 Å². The van der Waals surface area contributed by atoms with Gasteiger partial charge in [0.25, 0.3) is 0 Å². The van der Waals surface area contributed by atoms with Gasteiger partial charge in [-0.05, 0) is 47.1 Å². The van der Waals surface area contributed by atoms with Crippen molar-refractivity contribution in [2.45, 2.75) is 59.4 Å². The first-order chi connectivity index (χ1) is 11.6. The zero-order valence-electron chi connectivity index (χ0n) is 16.5. The average Bonchev–Trinajstić information content (AvgIpc) is 2.57. The monoisotopic (exact) mass is 467 g/mol. The minimum atomic E-state index is 0. The molecule has 0 aromatic heterocycles. The molecule has 1 amide bonds. The molecule has 0 spiro atoms. The second kappa shape index (κ2) is 14.6. The summed E-state index contributed by atoms with van der Waals surface area (Å²) in [5.41, 5.74) is 0. The summed E-state index contributed by atoms with van der Waals surface area (Å²) in [6.45, 7) is 14.4. The van der Waals surface area contributed by atoms with Crippen molar-refractivity contribution < 1.29 is 4.79 Å². The van der Waals surface area contributed by atoms with Gasteiger partial charge in [-0.2, -0.15) is 0 Å². The van der Waals surface area contributed by atoms with E-state index in [4.69, 9.17) is 0 Å². The van der Waals surface area contributed by atoms with Crippen LogP contribution in [-0.2, 0) is 4.79 Å². The summed E-state index contributed by atoms with van der Waals surface area (Å²) in [5, 5.41) is 6.53. The van der Waals surface area contributed by atoms with Gasteiger partial charge in [0.15, 0.2) is 5.96 Å². The predicted octanol–water partition coefficient (Wildman–Crippen LogP) is 2.29. The fraction of sp³-hybridized carbons (Fsp3) is 0.889. The molecule has 1 heterocycles. The zero-order chi connectivity index (χ0) is 17.8. The SMILES string of the molecule is CCNC(=NCCN1CCCCC1C)NCCC(=O)N(CC)CC.I. The second-order valence-corrected chi connectivity index (χ2v) is 6.38. The smallest absolute Gasteiger partial charge is 0.224 e. The van der Waals surface area contributed by atoms with E-state index >= 15 is 0 Å². The van der Waals surface area contributed by atoms with Gasteiger partial charge >= 0.3 is 0 Å². The number of likely N-dealkylation sites (tertiary alicyclic amines) is 1. The lowest BCUT2D eigenvalue weighted by atomic mass is 10.0. The lowest BCUT2D eigenvalue weighted by Gasteiger charge is -2.32. The molecule has 0 radical (unpaired) electrons. The molecule has 1 fully saturated rings. The van der Waals surface area contributed by atoms with Crippen LogP contribution in [0.4, 0.5) is 0 Å². The van der Waals surface area contributed by atoms with Gasteiger partial charge in [-0.1, -0.05) is 6.42 Å². The maximum atomic E-state index is 12.0. The molecule has 1 unspecified atom stereocenters. The number of aliphatic imine (C=N–C) groups is 1. The average molecular weight is 467 g/mol. The van der Waals surface area contributed by atoms with Crippen LogP contribution in [0.2, 0.25) is 0 Å². The van der Waals surface area contributed by atoms with Gasteiger partial charge in [-0.25, -0.2) is 0 Å². The Kier molecular flexibility index (Phi) is 14.3. The third kappa shape index (κ3) is 9.63. The van der Waals surface area contributed by atoms with Crippen molar-refractivity contribution >= 4 is 35.8 Å². The number of hydrogen-bond acceptors (Lipinski definition) is 3. The van der Waals surface area contributed by atoms with Crippen molar-refractivity contribution in [1.82, 2.24) is 20.4 Å². The summed E-state index contributed by atoms with van der Waals surface area (Å²) >= 11 is 0. The number of carbonyl (C=O) groups excluding carboxylic acids is 1. The van der Waals surface area contributed by atoms with Gasteiger partial charge in [0.1, 0.15) is 0 Å². The standard InChI is InChI=1S/C18H37N5O.HI/c1-5-19-18(20-12-11-17(24)22(6-2)7-3)21-13-15-23-14-9-8-10-16(23)4;/h16H,5-15H2,1-4H3,(H2,19,20,21);1H. The number of piperidine rings is 1. The molecule has 0 bridgehead atoms. The van der Waals surface area contributed by atoms with Gasteiger partial charge in [-0.15, -0.1) is 24.0 Å². The van der Waals surface area contributed by atoms with Crippen LogP contribution in [0.15, 0.2) is 4.99 Å². The summed E-state index contributed by atoms with van der Waals surface area (Å²) in [4.78, 5) is 21.1. The van der Waals surface area contributed by atoms with Gasteiger partial charge in [0.2, 0.25) is 5.91 Å². The fourth-order valence-electron chi connectivity index (χ4n) is 3.14. The van der Waals surface area contributed by atoms with Crippen LogP contribution in [0.3, 0.4) is 0 Å². The van der Waals surface area contributed by atoms with E-state index in [-0.39, 0.29) is 29.9 Å². The molecule has 2 N–H and O–H groups in total. The van der Waals surface area contributed by atoms with Crippen LogP contribution >= 0.6 is 24.0 Å². The Morgan fingerprint density at radius 3 is 2.52 bits per heavy atom. The predicted molar refractivity (Wildman–Crippen MR) is 117 cm³/mol. The van der Waals surface area contributed by atoms with Crippen molar-refractivity contribution in [1.29, 1.82) is 0 Å². The van der Waals surface area contributed by atoms with Crippen molar-refractivity contribution in [3.05, 3.63) is 0 Å². The molecule has 6 nitrogen and oxygen atoms in total. The maximum Gasteiger partial charge on any atom is 0.224 e. The number of nitrogens with zero attached hydrogens (tertiary/aromatic N) is 3. The summed E-state index contributed by atoms with van der Waals surface area (Å²) in [5.74, 6) is 1.01. The molecule has 1 rings (SSSR count).